The smallest absolute Gasteiger partial charge is 0.256 e. The van der Waals surface area contributed by atoms with E-state index in [1.54, 1.807) is 0 Å². The molecule has 2 atom stereocenters. The molecular weight excluding hydrogens is 200 g/mol. The van der Waals surface area contributed by atoms with E-state index in [0.29, 0.717) is 12.1 Å². The molecule has 1 saturated heterocycles. The lowest BCUT2D eigenvalue weighted by molar-refractivity contribution is 0.0695. The summed E-state index contributed by atoms with van der Waals surface area (Å²) in [4.78, 5) is 14.5. The van der Waals surface area contributed by atoms with Crippen LogP contribution in [0, 0.1) is 0 Å². The Bertz CT molecular complexity index is 430. The van der Waals surface area contributed by atoms with Gasteiger partial charge in [-0.3, -0.25) is 4.79 Å². The number of hydrogen-bond acceptors (Lipinski definition) is 2. The highest BCUT2D eigenvalue weighted by Gasteiger charge is 2.37. The Morgan fingerprint density at radius 2 is 2.12 bits per heavy atom. The van der Waals surface area contributed by atoms with Crippen LogP contribution >= 0.6 is 0 Å². The fraction of sp³-hybridized carbons (Fsp3) is 0.462. The highest BCUT2D eigenvalue weighted by molar-refractivity contribution is 6.00. The monoisotopic (exact) mass is 216 g/mol. The van der Waals surface area contributed by atoms with E-state index in [9.17, 15) is 4.79 Å². The number of nitrogens with one attached hydrogen (secondary N) is 1. The van der Waals surface area contributed by atoms with Crippen molar-refractivity contribution in [1.82, 2.24) is 4.90 Å². The van der Waals surface area contributed by atoms with E-state index in [-0.39, 0.29) is 5.91 Å². The molecule has 1 aromatic carbocycles. The van der Waals surface area contributed by atoms with Gasteiger partial charge in [-0.1, -0.05) is 12.1 Å². The molecule has 0 aliphatic carbocycles. The molecule has 2 aliphatic heterocycles. The van der Waals surface area contributed by atoms with Crippen molar-refractivity contribution in [2.24, 2.45) is 0 Å². The number of para-hydroxylation sites is 1. The van der Waals surface area contributed by atoms with Gasteiger partial charge in [-0.15, -0.1) is 0 Å². The summed E-state index contributed by atoms with van der Waals surface area (Å²) in [5.41, 5.74) is 1.80. The average molecular weight is 216 g/mol. The summed E-state index contributed by atoms with van der Waals surface area (Å²) < 4.78 is 0. The van der Waals surface area contributed by atoms with Gasteiger partial charge in [0.05, 0.1) is 5.56 Å². The zero-order valence-electron chi connectivity index (χ0n) is 9.44. The second kappa shape index (κ2) is 3.51. The fourth-order valence-electron chi connectivity index (χ4n) is 2.83. The quantitative estimate of drug-likeness (QED) is 0.720. The number of amides is 1. The SMILES string of the molecule is CC1CCC2CNc3ccccc3C(=O)N12. The third kappa shape index (κ3) is 1.31. The first-order valence-electron chi connectivity index (χ1n) is 5.93. The maximum absolute atomic E-state index is 12.4. The van der Waals surface area contributed by atoms with Gasteiger partial charge in [0.1, 0.15) is 0 Å². The normalized spacial score (nSPS) is 28.1. The molecule has 0 saturated carbocycles. The van der Waals surface area contributed by atoms with E-state index >= 15 is 0 Å². The van der Waals surface area contributed by atoms with Crippen molar-refractivity contribution in [3.63, 3.8) is 0 Å². The van der Waals surface area contributed by atoms with Gasteiger partial charge < -0.3 is 10.2 Å². The van der Waals surface area contributed by atoms with Crippen LogP contribution in [-0.4, -0.2) is 29.4 Å². The summed E-state index contributed by atoms with van der Waals surface area (Å²) >= 11 is 0. The third-order valence-corrected chi connectivity index (χ3v) is 3.71. The summed E-state index contributed by atoms with van der Waals surface area (Å²) in [6, 6.07) is 8.55. The van der Waals surface area contributed by atoms with Gasteiger partial charge in [0.15, 0.2) is 0 Å². The van der Waals surface area contributed by atoms with Crippen molar-refractivity contribution in [2.45, 2.75) is 31.8 Å². The van der Waals surface area contributed by atoms with Crippen LogP contribution in [0.2, 0.25) is 0 Å². The van der Waals surface area contributed by atoms with Gasteiger partial charge in [0, 0.05) is 24.3 Å². The van der Waals surface area contributed by atoms with E-state index in [1.165, 1.54) is 0 Å². The second-order valence-electron chi connectivity index (χ2n) is 4.72. The predicted molar refractivity (Wildman–Crippen MR) is 63.6 cm³/mol. The first-order valence-corrected chi connectivity index (χ1v) is 5.93. The molecule has 1 fully saturated rings. The van der Waals surface area contributed by atoms with E-state index in [1.807, 2.05) is 24.3 Å². The standard InChI is InChI=1S/C13H16N2O/c1-9-6-7-10-8-14-12-5-3-2-4-11(12)13(16)15(9)10/h2-5,9-10,14H,6-8H2,1H3. The van der Waals surface area contributed by atoms with Crippen molar-refractivity contribution in [3.05, 3.63) is 29.8 Å². The number of benzene rings is 1. The molecule has 3 rings (SSSR count). The molecule has 0 aromatic heterocycles. The van der Waals surface area contributed by atoms with Gasteiger partial charge in [-0.25, -0.2) is 0 Å². The van der Waals surface area contributed by atoms with Gasteiger partial charge >= 0.3 is 0 Å². The Morgan fingerprint density at radius 1 is 1.31 bits per heavy atom. The Hall–Kier alpha value is -1.51. The molecule has 84 valence electrons. The van der Waals surface area contributed by atoms with Crippen LogP contribution in [0.15, 0.2) is 24.3 Å². The molecule has 0 radical (unpaired) electrons. The maximum atomic E-state index is 12.4. The first-order chi connectivity index (χ1) is 7.77. The minimum Gasteiger partial charge on any atom is -0.382 e. The van der Waals surface area contributed by atoms with Crippen molar-refractivity contribution < 1.29 is 4.79 Å². The Labute approximate surface area is 95.4 Å². The Kier molecular flexibility index (Phi) is 2.13. The van der Waals surface area contributed by atoms with E-state index < -0.39 is 0 Å². The summed E-state index contributed by atoms with van der Waals surface area (Å²) in [5, 5.41) is 3.38. The van der Waals surface area contributed by atoms with Gasteiger partial charge in [0.2, 0.25) is 0 Å². The van der Waals surface area contributed by atoms with Gasteiger partial charge in [0.25, 0.3) is 5.91 Å². The zero-order chi connectivity index (χ0) is 11.1. The topological polar surface area (TPSA) is 32.3 Å². The Balaban J connectivity index is 2.05. The molecule has 3 heteroatoms. The lowest BCUT2D eigenvalue weighted by Gasteiger charge is -2.26. The van der Waals surface area contributed by atoms with Crippen molar-refractivity contribution >= 4 is 11.6 Å². The Morgan fingerprint density at radius 3 is 3.00 bits per heavy atom. The summed E-state index contributed by atoms with van der Waals surface area (Å²) in [7, 11) is 0. The van der Waals surface area contributed by atoms with Crippen molar-refractivity contribution in [1.29, 1.82) is 0 Å². The van der Waals surface area contributed by atoms with E-state index in [0.717, 1.165) is 30.6 Å². The fourth-order valence-corrected chi connectivity index (χ4v) is 2.83. The number of anilines is 1. The third-order valence-electron chi connectivity index (χ3n) is 3.71. The minimum absolute atomic E-state index is 0.190. The van der Waals surface area contributed by atoms with E-state index in [2.05, 4.69) is 17.1 Å². The molecular formula is C13H16N2O. The largest absolute Gasteiger partial charge is 0.382 e. The predicted octanol–water partition coefficient (Wildman–Crippen LogP) is 2.11. The number of carbonyl (C=O) groups is 1. The molecule has 0 bridgehead atoms. The number of hydrogen-bond donors (Lipinski definition) is 1. The van der Waals surface area contributed by atoms with Gasteiger partial charge in [-0.05, 0) is 31.9 Å². The molecule has 1 N–H and O–H groups in total. The summed E-state index contributed by atoms with van der Waals surface area (Å²) in [5.74, 6) is 0.190. The molecule has 2 aliphatic rings. The van der Waals surface area contributed by atoms with Crippen LogP contribution in [0.3, 0.4) is 0 Å². The zero-order valence-corrected chi connectivity index (χ0v) is 9.44. The molecule has 1 amide bonds. The highest BCUT2D eigenvalue weighted by atomic mass is 16.2. The summed E-state index contributed by atoms with van der Waals surface area (Å²) in [6.07, 6.45) is 2.24. The highest BCUT2D eigenvalue weighted by Crippen LogP contribution is 2.31. The van der Waals surface area contributed by atoms with Gasteiger partial charge in [-0.2, -0.15) is 0 Å². The summed E-state index contributed by atoms with van der Waals surface area (Å²) in [6.45, 7) is 3.03. The molecule has 0 spiro atoms. The number of fused-ring (bicyclic) bond motifs is 2. The maximum Gasteiger partial charge on any atom is 0.256 e. The lowest BCUT2D eigenvalue weighted by atomic mass is 10.1. The molecule has 2 unspecified atom stereocenters. The number of nitrogens with zero attached hydrogens (tertiary/aromatic N) is 1. The molecule has 1 aromatic rings. The average Bonchev–Trinajstić information content (AvgIpc) is 2.60. The molecule has 2 heterocycles. The van der Waals surface area contributed by atoms with Crippen LogP contribution < -0.4 is 5.32 Å². The van der Waals surface area contributed by atoms with Crippen LogP contribution in [0.5, 0.6) is 0 Å². The first kappa shape index (κ1) is 9.70. The lowest BCUT2D eigenvalue weighted by Crippen LogP contribution is -2.40. The minimum atomic E-state index is 0.190. The van der Waals surface area contributed by atoms with E-state index in [4.69, 9.17) is 0 Å². The molecule has 16 heavy (non-hydrogen) atoms. The van der Waals surface area contributed by atoms with Crippen molar-refractivity contribution in [3.8, 4) is 0 Å². The van der Waals surface area contributed by atoms with Crippen molar-refractivity contribution in [2.75, 3.05) is 11.9 Å². The second-order valence-corrected chi connectivity index (χ2v) is 4.72. The number of carbonyl (C=O) groups excluding carboxylic acids is 1. The van der Waals surface area contributed by atoms with Crippen LogP contribution in [-0.2, 0) is 0 Å². The van der Waals surface area contributed by atoms with Crippen LogP contribution in [0.4, 0.5) is 5.69 Å². The van der Waals surface area contributed by atoms with Crippen LogP contribution in [0.25, 0.3) is 0 Å². The molecule has 3 nitrogen and oxygen atoms in total. The number of rotatable bonds is 0. The van der Waals surface area contributed by atoms with Crippen LogP contribution in [0.1, 0.15) is 30.1 Å².